The molecule has 2 N–H and O–H groups in total. The van der Waals surface area contributed by atoms with Gasteiger partial charge in [-0.3, -0.25) is 4.79 Å². The second-order valence-electron chi connectivity index (χ2n) is 5.08. The van der Waals surface area contributed by atoms with Crippen molar-refractivity contribution in [1.29, 1.82) is 0 Å². The van der Waals surface area contributed by atoms with Crippen molar-refractivity contribution in [3.8, 4) is 0 Å². The summed E-state index contributed by atoms with van der Waals surface area (Å²) in [5, 5.41) is 8.88. The van der Waals surface area contributed by atoms with E-state index in [1.807, 2.05) is 32.2 Å². The lowest BCUT2D eigenvalue weighted by atomic mass is 9.99. The first-order valence-corrected chi connectivity index (χ1v) is 7.76. The maximum absolute atomic E-state index is 12.6. The van der Waals surface area contributed by atoms with Gasteiger partial charge < -0.3 is 10.6 Å². The highest BCUT2D eigenvalue weighted by atomic mass is 32.1. The maximum atomic E-state index is 12.6. The number of anilines is 1. The molecule has 0 aliphatic rings. The van der Waals surface area contributed by atoms with E-state index in [4.69, 9.17) is 0 Å². The molecule has 21 heavy (non-hydrogen) atoms. The molecule has 2 rings (SSSR count). The molecule has 0 radical (unpaired) electrons. The molecule has 0 saturated carbocycles. The number of amides is 1. The number of carbonyl (C=O) groups is 1. The first-order valence-electron chi connectivity index (χ1n) is 6.88. The van der Waals surface area contributed by atoms with E-state index in [-0.39, 0.29) is 5.91 Å². The molecule has 2 aromatic heterocycles. The van der Waals surface area contributed by atoms with Gasteiger partial charge in [0.1, 0.15) is 10.8 Å². The molecule has 0 aliphatic carbocycles. The third-order valence-electron chi connectivity index (χ3n) is 3.52. The number of pyridine rings is 1. The van der Waals surface area contributed by atoms with Crippen molar-refractivity contribution in [2.45, 2.75) is 32.7 Å². The minimum absolute atomic E-state index is 0.147. The lowest BCUT2D eigenvalue weighted by molar-refractivity contribution is 0.0902. The molecule has 5 nitrogen and oxygen atoms in total. The Balaban J connectivity index is 2.29. The van der Waals surface area contributed by atoms with E-state index in [9.17, 15) is 4.79 Å². The molecule has 1 atom stereocenters. The molecule has 1 unspecified atom stereocenters. The molecular formula is C15H20N4OS. The highest BCUT2D eigenvalue weighted by Crippen LogP contribution is 2.27. The van der Waals surface area contributed by atoms with Crippen LogP contribution in [0.15, 0.2) is 23.7 Å². The number of aromatic nitrogens is 2. The summed E-state index contributed by atoms with van der Waals surface area (Å²) >= 11 is 1.55. The summed E-state index contributed by atoms with van der Waals surface area (Å²) < 4.78 is 0. The fourth-order valence-corrected chi connectivity index (χ4v) is 2.87. The summed E-state index contributed by atoms with van der Waals surface area (Å²) in [6, 6.07) is 3.63. The SMILES string of the molecule is CCC(C)(NC(=O)c1ccc(C)nc1NC)c1nccs1. The third kappa shape index (κ3) is 3.21. The van der Waals surface area contributed by atoms with E-state index in [0.29, 0.717) is 11.4 Å². The minimum Gasteiger partial charge on any atom is -0.372 e. The Labute approximate surface area is 128 Å². The van der Waals surface area contributed by atoms with Gasteiger partial charge in [-0.05, 0) is 32.4 Å². The van der Waals surface area contributed by atoms with Crippen LogP contribution in [0.3, 0.4) is 0 Å². The van der Waals surface area contributed by atoms with Gasteiger partial charge in [0.2, 0.25) is 0 Å². The van der Waals surface area contributed by atoms with Gasteiger partial charge in [0.15, 0.2) is 0 Å². The summed E-state index contributed by atoms with van der Waals surface area (Å²) in [5.41, 5.74) is 0.939. The van der Waals surface area contributed by atoms with Crippen LogP contribution in [0, 0.1) is 6.92 Å². The number of hydrogen-bond donors (Lipinski definition) is 2. The number of aryl methyl sites for hydroxylation is 1. The van der Waals surface area contributed by atoms with Gasteiger partial charge in [0.05, 0.1) is 11.1 Å². The molecule has 0 aliphatic heterocycles. The lowest BCUT2D eigenvalue weighted by Gasteiger charge is -2.27. The minimum atomic E-state index is -0.471. The Bertz CT molecular complexity index is 627. The van der Waals surface area contributed by atoms with Crippen molar-refractivity contribution in [1.82, 2.24) is 15.3 Å². The van der Waals surface area contributed by atoms with Crippen LogP contribution in [-0.4, -0.2) is 22.9 Å². The quantitative estimate of drug-likeness (QED) is 0.891. The van der Waals surface area contributed by atoms with Gasteiger partial charge in [-0.15, -0.1) is 11.3 Å². The van der Waals surface area contributed by atoms with Crippen LogP contribution in [0.5, 0.6) is 0 Å². The fraction of sp³-hybridized carbons (Fsp3) is 0.400. The summed E-state index contributed by atoms with van der Waals surface area (Å²) in [7, 11) is 1.76. The molecule has 0 bridgehead atoms. The molecule has 0 aromatic carbocycles. The van der Waals surface area contributed by atoms with E-state index in [1.165, 1.54) is 0 Å². The van der Waals surface area contributed by atoms with Crippen molar-refractivity contribution >= 4 is 23.1 Å². The van der Waals surface area contributed by atoms with E-state index in [1.54, 1.807) is 30.6 Å². The van der Waals surface area contributed by atoms with Crippen molar-refractivity contribution in [3.05, 3.63) is 40.0 Å². The average molecular weight is 304 g/mol. The monoisotopic (exact) mass is 304 g/mol. The summed E-state index contributed by atoms with van der Waals surface area (Å²) in [6.07, 6.45) is 2.52. The first-order chi connectivity index (χ1) is 10.00. The second-order valence-corrected chi connectivity index (χ2v) is 5.97. The molecule has 1 amide bonds. The van der Waals surface area contributed by atoms with Crippen molar-refractivity contribution in [2.75, 3.05) is 12.4 Å². The second kappa shape index (κ2) is 6.22. The predicted molar refractivity (Wildman–Crippen MR) is 85.7 cm³/mol. The number of nitrogens with zero attached hydrogens (tertiary/aromatic N) is 2. The average Bonchev–Trinajstić information content (AvgIpc) is 3.01. The van der Waals surface area contributed by atoms with Crippen LogP contribution in [0.4, 0.5) is 5.82 Å². The van der Waals surface area contributed by atoms with Crippen LogP contribution >= 0.6 is 11.3 Å². The lowest BCUT2D eigenvalue weighted by Crippen LogP contribution is -2.43. The highest BCUT2D eigenvalue weighted by Gasteiger charge is 2.30. The highest BCUT2D eigenvalue weighted by molar-refractivity contribution is 7.09. The molecule has 0 spiro atoms. The number of hydrogen-bond acceptors (Lipinski definition) is 5. The first kappa shape index (κ1) is 15.4. The van der Waals surface area contributed by atoms with Crippen molar-refractivity contribution < 1.29 is 4.79 Å². The van der Waals surface area contributed by atoms with Gasteiger partial charge in [0, 0.05) is 24.3 Å². The summed E-state index contributed by atoms with van der Waals surface area (Å²) in [5.74, 6) is 0.441. The predicted octanol–water partition coefficient (Wildman–Crippen LogP) is 2.94. The number of thiazole rings is 1. The van der Waals surface area contributed by atoms with E-state index < -0.39 is 5.54 Å². The van der Waals surface area contributed by atoms with Gasteiger partial charge in [0.25, 0.3) is 5.91 Å². The van der Waals surface area contributed by atoms with Crippen LogP contribution in [0.2, 0.25) is 0 Å². The number of rotatable bonds is 5. The molecule has 0 saturated heterocycles. The molecule has 2 aromatic rings. The van der Waals surface area contributed by atoms with Crippen LogP contribution in [0.25, 0.3) is 0 Å². The zero-order chi connectivity index (χ0) is 15.5. The zero-order valence-electron chi connectivity index (χ0n) is 12.7. The Kier molecular flexibility index (Phi) is 4.57. The van der Waals surface area contributed by atoms with E-state index in [2.05, 4.69) is 20.6 Å². The molecule has 112 valence electrons. The van der Waals surface area contributed by atoms with E-state index >= 15 is 0 Å². The van der Waals surface area contributed by atoms with Gasteiger partial charge >= 0.3 is 0 Å². The molecule has 2 heterocycles. The fourth-order valence-electron chi connectivity index (χ4n) is 2.04. The van der Waals surface area contributed by atoms with Gasteiger partial charge in [-0.2, -0.15) is 0 Å². The smallest absolute Gasteiger partial charge is 0.255 e. The number of carbonyl (C=O) groups excluding carboxylic acids is 1. The maximum Gasteiger partial charge on any atom is 0.255 e. The van der Waals surface area contributed by atoms with Crippen LogP contribution < -0.4 is 10.6 Å². The third-order valence-corrected chi connectivity index (χ3v) is 4.55. The molecule has 0 fully saturated rings. The zero-order valence-corrected chi connectivity index (χ0v) is 13.5. The van der Waals surface area contributed by atoms with Gasteiger partial charge in [-0.1, -0.05) is 6.92 Å². The Morgan fingerprint density at radius 3 is 2.76 bits per heavy atom. The summed E-state index contributed by atoms with van der Waals surface area (Å²) in [6.45, 7) is 5.92. The largest absolute Gasteiger partial charge is 0.372 e. The molecular weight excluding hydrogens is 284 g/mol. The molecule has 6 heteroatoms. The standard InChI is InChI=1S/C15H20N4OS/c1-5-15(3,14-17-8-9-21-14)19-13(20)11-7-6-10(2)18-12(11)16-4/h6-9H,5H2,1-4H3,(H,16,18)(H,19,20). The topological polar surface area (TPSA) is 66.9 Å². The van der Waals surface area contributed by atoms with Crippen molar-refractivity contribution in [3.63, 3.8) is 0 Å². The van der Waals surface area contributed by atoms with E-state index in [0.717, 1.165) is 17.1 Å². The van der Waals surface area contributed by atoms with Crippen LogP contribution in [-0.2, 0) is 5.54 Å². The number of nitrogens with one attached hydrogen (secondary N) is 2. The van der Waals surface area contributed by atoms with Crippen molar-refractivity contribution in [2.24, 2.45) is 0 Å². The van der Waals surface area contributed by atoms with Crippen LogP contribution in [0.1, 0.15) is 41.3 Å². The van der Waals surface area contributed by atoms with Gasteiger partial charge in [-0.25, -0.2) is 9.97 Å². The summed E-state index contributed by atoms with van der Waals surface area (Å²) in [4.78, 5) is 21.3. The Hall–Kier alpha value is -1.95. The Morgan fingerprint density at radius 1 is 1.43 bits per heavy atom. The Morgan fingerprint density at radius 2 is 2.19 bits per heavy atom. The normalized spacial score (nSPS) is 13.5.